The van der Waals surface area contributed by atoms with Gasteiger partial charge in [-0.1, -0.05) is 3.89 Å². The van der Waals surface area contributed by atoms with Crippen molar-refractivity contribution in [1.82, 2.24) is 9.79 Å². The van der Waals surface area contributed by atoms with Crippen LogP contribution in [0.25, 0.3) is 0 Å². The second-order valence-corrected chi connectivity index (χ2v) is 3.57. The molecule has 0 aliphatic rings. The highest BCUT2D eigenvalue weighted by molar-refractivity contribution is 7.84. The molecule has 0 aromatic heterocycles. The van der Waals surface area contributed by atoms with Crippen LogP contribution in [0.2, 0.25) is 0 Å². The number of carbonyl (C=O) groups excluding carboxylic acids is 1. The molecule has 0 aromatic rings. The van der Waals surface area contributed by atoms with E-state index in [0.717, 1.165) is 5.48 Å². The molecule has 0 saturated carbocycles. The Kier molecular flexibility index (Phi) is 4.37. The van der Waals surface area contributed by atoms with E-state index < -0.39 is 29.5 Å². The molecular formula is C2H4F3N2O4PS. The summed E-state index contributed by atoms with van der Waals surface area (Å²) in [5, 5.41) is 0. The first-order chi connectivity index (χ1) is 5.75. The van der Waals surface area contributed by atoms with E-state index in [1.54, 1.807) is 0 Å². The number of amides is 2. The van der Waals surface area contributed by atoms with E-state index >= 15 is 0 Å². The molecule has 2 amide bonds. The Morgan fingerprint density at radius 3 is 2.31 bits per heavy atom. The van der Waals surface area contributed by atoms with E-state index in [9.17, 15) is 25.5 Å². The standard InChI is InChI=1S/C2H4F3N2O4PS/c1-7(13(5,9)10)2(8)6-11-12(3)4/h1H3,(H,6,8). The predicted octanol–water partition coefficient (Wildman–Crippen LogP) is 0.940. The van der Waals surface area contributed by atoms with Crippen molar-refractivity contribution in [3.63, 3.8) is 0 Å². The van der Waals surface area contributed by atoms with Crippen molar-refractivity contribution in [2.24, 2.45) is 0 Å². The first-order valence-corrected chi connectivity index (χ1v) is 4.90. The van der Waals surface area contributed by atoms with Crippen LogP contribution in [0.3, 0.4) is 0 Å². The number of urea groups is 1. The van der Waals surface area contributed by atoms with Crippen molar-refractivity contribution < 1.29 is 30.1 Å². The summed E-state index contributed by atoms with van der Waals surface area (Å²) in [5.74, 6) is 0. The highest BCUT2D eigenvalue weighted by Gasteiger charge is 2.23. The van der Waals surface area contributed by atoms with Gasteiger partial charge >= 0.3 is 25.2 Å². The van der Waals surface area contributed by atoms with Crippen LogP contribution in [0, 0.1) is 0 Å². The number of nitrogens with one attached hydrogen (secondary N) is 1. The van der Waals surface area contributed by atoms with Crippen LogP contribution in [-0.2, 0) is 15.0 Å². The topological polar surface area (TPSA) is 75.7 Å². The van der Waals surface area contributed by atoms with E-state index in [-0.39, 0.29) is 0 Å². The van der Waals surface area contributed by atoms with Crippen LogP contribution in [-0.4, -0.2) is 25.8 Å². The molecule has 0 bridgehead atoms. The monoisotopic (exact) mass is 240 g/mol. The quantitative estimate of drug-likeness (QED) is 0.452. The summed E-state index contributed by atoms with van der Waals surface area (Å²) in [6.07, 6.45) is 0. The minimum absolute atomic E-state index is 0.425. The van der Waals surface area contributed by atoms with Crippen LogP contribution in [0.4, 0.5) is 17.1 Å². The molecule has 0 radical (unpaired) electrons. The number of halogens is 3. The van der Waals surface area contributed by atoms with Crippen LogP contribution in [0.1, 0.15) is 0 Å². The molecule has 11 heteroatoms. The Labute approximate surface area is 73.0 Å². The van der Waals surface area contributed by atoms with E-state index in [1.165, 1.54) is 0 Å². The zero-order chi connectivity index (χ0) is 10.6. The SMILES string of the molecule is CN(C(=O)NOP(F)F)S(=O)(=O)F. The van der Waals surface area contributed by atoms with E-state index in [0.29, 0.717) is 7.05 Å². The third-order valence-electron chi connectivity index (χ3n) is 0.815. The van der Waals surface area contributed by atoms with Crippen molar-refractivity contribution in [2.45, 2.75) is 0 Å². The molecule has 0 unspecified atom stereocenters. The van der Waals surface area contributed by atoms with Crippen LogP contribution < -0.4 is 5.48 Å². The van der Waals surface area contributed by atoms with Gasteiger partial charge in [0.15, 0.2) is 0 Å². The average Bonchev–Trinajstić information content (AvgIpc) is 1.96. The summed E-state index contributed by atoms with van der Waals surface area (Å²) < 4.78 is 57.4. The molecule has 13 heavy (non-hydrogen) atoms. The van der Waals surface area contributed by atoms with E-state index in [4.69, 9.17) is 0 Å². The molecule has 0 saturated heterocycles. The minimum atomic E-state index is -5.25. The van der Waals surface area contributed by atoms with Gasteiger partial charge in [-0.3, -0.25) is 0 Å². The van der Waals surface area contributed by atoms with E-state index in [2.05, 4.69) is 4.62 Å². The lowest BCUT2D eigenvalue weighted by molar-refractivity contribution is 0.164. The fraction of sp³-hybridized carbons (Fsp3) is 0.500. The second kappa shape index (κ2) is 4.58. The van der Waals surface area contributed by atoms with Crippen LogP contribution in [0.5, 0.6) is 0 Å². The number of hydrogen-bond donors (Lipinski definition) is 1. The normalized spacial score (nSPS) is 11.5. The maximum atomic E-state index is 12.0. The van der Waals surface area contributed by atoms with Gasteiger partial charge < -0.3 is 0 Å². The molecule has 0 rings (SSSR count). The lowest BCUT2D eigenvalue weighted by Gasteiger charge is -2.11. The number of rotatable bonds is 3. The highest BCUT2D eigenvalue weighted by atomic mass is 32.3. The van der Waals surface area contributed by atoms with Gasteiger partial charge in [0.2, 0.25) is 0 Å². The molecule has 6 nitrogen and oxygen atoms in total. The Bertz CT molecular complexity index is 281. The molecule has 0 spiro atoms. The molecule has 78 valence electrons. The molecule has 0 heterocycles. The second-order valence-electron chi connectivity index (χ2n) is 1.61. The summed E-state index contributed by atoms with van der Waals surface area (Å²) >= 11 is 0. The molecule has 1 N–H and O–H groups in total. The zero-order valence-electron chi connectivity index (χ0n) is 6.07. The number of carbonyl (C=O) groups is 1. The third-order valence-corrected chi connectivity index (χ3v) is 1.86. The lowest BCUT2D eigenvalue weighted by atomic mass is 11.0. The Hall–Kier alpha value is -0.600. The molecular weight excluding hydrogens is 236 g/mol. The Balaban J connectivity index is 4.14. The van der Waals surface area contributed by atoms with Crippen molar-refractivity contribution in [3.05, 3.63) is 0 Å². The molecule has 0 atom stereocenters. The fourth-order valence-electron chi connectivity index (χ4n) is 0.237. The third kappa shape index (κ3) is 4.86. The smallest absolute Gasteiger partial charge is 0.245 e. The van der Waals surface area contributed by atoms with Crippen molar-refractivity contribution >= 4 is 25.2 Å². The fourth-order valence-corrected chi connectivity index (χ4v) is 0.619. The summed E-state index contributed by atoms with van der Waals surface area (Å²) in [7, 11) is -8.58. The highest BCUT2D eigenvalue weighted by Crippen LogP contribution is 2.38. The van der Waals surface area contributed by atoms with Gasteiger partial charge in [-0.25, -0.2) is 10.3 Å². The number of nitrogens with zero attached hydrogens (tertiary/aromatic N) is 1. The Morgan fingerprint density at radius 1 is 1.54 bits per heavy atom. The van der Waals surface area contributed by atoms with Crippen molar-refractivity contribution in [2.75, 3.05) is 7.05 Å². The summed E-state index contributed by atoms with van der Waals surface area (Å²) in [5.41, 5.74) is 1.04. The lowest BCUT2D eigenvalue weighted by Crippen LogP contribution is -2.38. The summed E-state index contributed by atoms with van der Waals surface area (Å²) in [4.78, 5) is 10.4. The van der Waals surface area contributed by atoms with Crippen LogP contribution in [0.15, 0.2) is 0 Å². The van der Waals surface area contributed by atoms with Gasteiger partial charge in [0.25, 0.3) is 0 Å². The van der Waals surface area contributed by atoms with Crippen molar-refractivity contribution in [3.8, 4) is 0 Å². The summed E-state index contributed by atoms with van der Waals surface area (Å²) in [6.45, 7) is 0. The molecule has 0 aliphatic heterocycles. The van der Waals surface area contributed by atoms with Gasteiger partial charge in [0, 0.05) is 7.05 Å². The van der Waals surface area contributed by atoms with Gasteiger partial charge in [-0.2, -0.15) is 25.7 Å². The first-order valence-electron chi connectivity index (χ1n) is 2.52. The minimum Gasteiger partial charge on any atom is -0.245 e. The first kappa shape index (κ1) is 12.4. The number of hydroxylamine groups is 1. The predicted molar refractivity (Wildman–Crippen MR) is 36.5 cm³/mol. The average molecular weight is 240 g/mol. The zero-order valence-corrected chi connectivity index (χ0v) is 7.78. The number of hydrogen-bond acceptors (Lipinski definition) is 4. The molecule has 0 aliphatic carbocycles. The molecule has 0 fully saturated rings. The van der Waals surface area contributed by atoms with Gasteiger partial charge in [0.05, 0.1) is 0 Å². The van der Waals surface area contributed by atoms with Crippen molar-refractivity contribution in [1.29, 1.82) is 0 Å². The molecule has 0 aromatic carbocycles. The Morgan fingerprint density at radius 2 is 2.00 bits per heavy atom. The van der Waals surface area contributed by atoms with Gasteiger partial charge in [0.1, 0.15) is 0 Å². The van der Waals surface area contributed by atoms with Gasteiger partial charge in [-0.05, 0) is 0 Å². The van der Waals surface area contributed by atoms with Gasteiger partial charge in [-0.15, -0.1) is 0 Å². The van der Waals surface area contributed by atoms with E-state index in [1.807, 2.05) is 0 Å². The maximum Gasteiger partial charge on any atom is 0.438 e. The summed E-state index contributed by atoms with van der Waals surface area (Å²) in [6, 6.07) is -1.65. The maximum absolute atomic E-state index is 12.0. The largest absolute Gasteiger partial charge is 0.438 e. The van der Waals surface area contributed by atoms with Crippen LogP contribution >= 0.6 is 8.77 Å².